The van der Waals surface area contributed by atoms with Crippen molar-refractivity contribution in [1.29, 1.82) is 0 Å². The van der Waals surface area contributed by atoms with Gasteiger partial charge in [-0.25, -0.2) is 0 Å². The van der Waals surface area contributed by atoms with E-state index in [-0.39, 0.29) is 36.1 Å². The fourth-order valence-corrected chi connectivity index (χ4v) is 5.60. The van der Waals surface area contributed by atoms with Gasteiger partial charge in [0.2, 0.25) is 0 Å². The van der Waals surface area contributed by atoms with Crippen molar-refractivity contribution in [3.63, 3.8) is 0 Å². The summed E-state index contributed by atoms with van der Waals surface area (Å²) in [6.45, 7) is 11.8. The quantitative estimate of drug-likeness (QED) is 0.285. The van der Waals surface area contributed by atoms with Gasteiger partial charge < -0.3 is 19.7 Å². The molecule has 6 nitrogen and oxygen atoms in total. The topological polar surface area (TPSA) is 67.9 Å². The minimum absolute atomic E-state index is 0.0163. The van der Waals surface area contributed by atoms with Crippen LogP contribution >= 0.6 is 0 Å². The summed E-state index contributed by atoms with van der Waals surface area (Å²) in [5.74, 6) is -0.205. The molecule has 0 aromatic heterocycles. The second kappa shape index (κ2) is 12.4. The molecular weight excluding hydrogens is 404 g/mol. The van der Waals surface area contributed by atoms with E-state index in [0.29, 0.717) is 26.0 Å². The number of rotatable bonds is 14. The van der Waals surface area contributed by atoms with Gasteiger partial charge in [-0.05, 0) is 34.1 Å². The Balaban J connectivity index is 1.58. The largest absolute Gasteiger partial charge is 0.466 e. The highest BCUT2D eigenvalue weighted by molar-refractivity contribution is 5.87. The van der Waals surface area contributed by atoms with E-state index in [1.54, 1.807) is 4.90 Å². The molecule has 0 bridgehead atoms. The number of ether oxygens (including phenoxy) is 2. The van der Waals surface area contributed by atoms with Gasteiger partial charge in [0.15, 0.2) is 5.60 Å². The van der Waals surface area contributed by atoms with Gasteiger partial charge in [-0.1, -0.05) is 64.7 Å². The van der Waals surface area contributed by atoms with Gasteiger partial charge in [0, 0.05) is 30.5 Å². The fraction of sp³-hybridized carbons (Fsp3) is 0.923. The molecule has 1 spiro atoms. The van der Waals surface area contributed by atoms with Gasteiger partial charge in [-0.15, -0.1) is 0 Å². The first kappa shape index (κ1) is 27.1. The molecule has 0 aliphatic carbocycles. The van der Waals surface area contributed by atoms with Gasteiger partial charge in [0.1, 0.15) is 6.73 Å². The summed E-state index contributed by atoms with van der Waals surface area (Å²) in [6, 6.07) is 0. The van der Waals surface area contributed by atoms with Crippen molar-refractivity contribution in [1.82, 2.24) is 10.2 Å². The molecular formula is C26H48N2O4. The van der Waals surface area contributed by atoms with Gasteiger partial charge in [-0.2, -0.15) is 0 Å². The average Bonchev–Trinajstić information content (AvgIpc) is 2.96. The number of carbonyl (C=O) groups excluding carboxylic acids is 2. The zero-order valence-electron chi connectivity index (χ0n) is 21.4. The van der Waals surface area contributed by atoms with Crippen molar-refractivity contribution < 1.29 is 19.1 Å². The highest BCUT2D eigenvalue weighted by atomic mass is 16.5. The van der Waals surface area contributed by atoms with Gasteiger partial charge in [0.05, 0.1) is 13.0 Å². The van der Waals surface area contributed by atoms with Crippen LogP contribution in [0.2, 0.25) is 0 Å². The first-order valence-corrected chi connectivity index (χ1v) is 13.0. The molecule has 1 amide bonds. The van der Waals surface area contributed by atoms with Crippen molar-refractivity contribution in [3.8, 4) is 0 Å². The molecule has 0 atom stereocenters. The number of hydrogen-bond donors (Lipinski definition) is 1. The van der Waals surface area contributed by atoms with E-state index in [2.05, 4.69) is 39.9 Å². The lowest BCUT2D eigenvalue weighted by molar-refractivity contribution is -0.146. The van der Waals surface area contributed by atoms with Crippen LogP contribution in [0.4, 0.5) is 0 Å². The summed E-state index contributed by atoms with van der Waals surface area (Å²) in [5.41, 5.74) is -1.14. The molecule has 0 unspecified atom stereocenters. The summed E-state index contributed by atoms with van der Waals surface area (Å²) >= 11 is 0. The Kier molecular flexibility index (Phi) is 10.5. The highest BCUT2D eigenvalue weighted by Gasteiger charge is 2.56. The molecule has 2 rings (SSSR count). The molecule has 0 aromatic rings. The number of amides is 1. The summed E-state index contributed by atoms with van der Waals surface area (Å²) in [5, 5.41) is 3.60. The van der Waals surface area contributed by atoms with E-state index in [1.165, 1.54) is 51.4 Å². The highest BCUT2D eigenvalue weighted by Crippen LogP contribution is 2.42. The van der Waals surface area contributed by atoms with Crippen LogP contribution in [0.15, 0.2) is 0 Å². The molecule has 0 aromatic carbocycles. The molecule has 186 valence electrons. The van der Waals surface area contributed by atoms with Crippen LogP contribution in [0, 0.1) is 0 Å². The second-order valence-corrected chi connectivity index (χ2v) is 11.2. The lowest BCUT2D eigenvalue weighted by Gasteiger charge is -2.49. The van der Waals surface area contributed by atoms with Crippen molar-refractivity contribution in [2.45, 2.75) is 135 Å². The zero-order chi connectivity index (χ0) is 23.7. The van der Waals surface area contributed by atoms with Crippen molar-refractivity contribution in [2.75, 3.05) is 19.9 Å². The van der Waals surface area contributed by atoms with Crippen LogP contribution in [0.25, 0.3) is 0 Å². The molecule has 1 N–H and O–H groups in total. The van der Waals surface area contributed by atoms with E-state index in [1.807, 2.05) is 0 Å². The van der Waals surface area contributed by atoms with E-state index in [9.17, 15) is 9.59 Å². The fourth-order valence-electron chi connectivity index (χ4n) is 5.60. The molecule has 32 heavy (non-hydrogen) atoms. The van der Waals surface area contributed by atoms with E-state index in [4.69, 9.17) is 9.47 Å². The Morgan fingerprint density at radius 2 is 1.47 bits per heavy atom. The van der Waals surface area contributed by atoms with Gasteiger partial charge in [0.25, 0.3) is 5.91 Å². The van der Waals surface area contributed by atoms with Crippen molar-refractivity contribution in [2.24, 2.45) is 0 Å². The number of hydrogen-bond acceptors (Lipinski definition) is 5. The van der Waals surface area contributed by atoms with Crippen LogP contribution in [-0.4, -0.2) is 53.3 Å². The Hall–Kier alpha value is -1.14. The molecule has 2 fully saturated rings. The number of carbonyl (C=O) groups is 2. The number of nitrogens with one attached hydrogen (secondary N) is 1. The molecule has 0 radical (unpaired) electrons. The first-order chi connectivity index (χ1) is 15.1. The number of piperidine rings is 1. The maximum Gasteiger partial charge on any atom is 0.307 e. The molecule has 2 aliphatic rings. The predicted octanol–water partition coefficient (Wildman–Crippen LogP) is 5.34. The lowest BCUT2D eigenvalue weighted by Crippen LogP contribution is -2.65. The van der Waals surface area contributed by atoms with Crippen LogP contribution in [0.5, 0.6) is 0 Å². The number of unbranched alkanes of at least 4 members (excludes halogenated alkanes) is 9. The third kappa shape index (κ3) is 8.66. The Morgan fingerprint density at radius 1 is 0.938 bits per heavy atom. The second-order valence-electron chi connectivity index (χ2n) is 11.2. The zero-order valence-corrected chi connectivity index (χ0v) is 21.4. The average molecular weight is 453 g/mol. The normalized spacial score (nSPS) is 21.3. The smallest absolute Gasteiger partial charge is 0.307 e. The summed E-state index contributed by atoms with van der Waals surface area (Å²) in [4.78, 5) is 27.0. The van der Waals surface area contributed by atoms with Crippen molar-refractivity contribution >= 4 is 11.9 Å². The maximum absolute atomic E-state index is 13.2. The SMILES string of the molecule is CCCCCCCCCCCCOC(=O)CCN1COC2(CC(C)(C)NC(C)(C)C2)C1=O. The molecule has 6 heteroatoms. The number of nitrogens with zero attached hydrogens (tertiary/aromatic N) is 1. The summed E-state index contributed by atoms with van der Waals surface area (Å²) in [6.07, 6.45) is 14.1. The predicted molar refractivity (Wildman–Crippen MR) is 128 cm³/mol. The lowest BCUT2D eigenvalue weighted by atomic mass is 9.72. The Bertz CT molecular complexity index is 587. The number of esters is 1. The van der Waals surface area contributed by atoms with E-state index < -0.39 is 5.60 Å². The summed E-state index contributed by atoms with van der Waals surface area (Å²) in [7, 11) is 0. The van der Waals surface area contributed by atoms with Crippen LogP contribution in [-0.2, 0) is 19.1 Å². The van der Waals surface area contributed by atoms with Crippen molar-refractivity contribution in [3.05, 3.63) is 0 Å². The molecule has 0 saturated carbocycles. The Morgan fingerprint density at radius 3 is 2.03 bits per heavy atom. The van der Waals surface area contributed by atoms with Crippen LogP contribution in [0.3, 0.4) is 0 Å². The third-order valence-corrected chi connectivity index (χ3v) is 6.65. The van der Waals surface area contributed by atoms with Gasteiger partial charge in [-0.3, -0.25) is 9.59 Å². The Labute approximate surface area is 196 Å². The minimum Gasteiger partial charge on any atom is -0.466 e. The minimum atomic E-state index is -0.780. The van der Waals surface area contributed by atoms with Crippen LogP contribution in [0.1, 0.15) is 118 Å². The third-order valence-electron chi connectivity index (χ3n) is 6.65. The molecule has 2 saturated heterocycles. The summed E-state index contributed by atoms with van der Waals surface area (Å²) < 4.78 is 11.5. The molecule has 2 heterocycles. The monoisotopic (exact) mass is 452 g/mol. The van der Waals surface area contributed by atoms with Crippen LogP contribution < -0.4 is 5.32 Å². The molecule has 2 aliphatic heterocycles. The van der Waals surface area contributed by atoms with E-state index >= 15 is 0 Å². The first-order valence-electron chi connectivity index (χ1n) is 13.0. The standard InChI is InChI=1S/C26H48N2O4/c1-6-7-8-9-10-11-12-13-14-15-18-31-22(29)16-17-28-21-32-26(23(28)30)19-24(2,3)27-25(4,5)20-26/h27H,6-21H2,1-5H3. The van der Waals surface area contributed by atoms with E-state index in [0.717, 1.165) is 12.8 Å². The maximum atomic E-state index is 13.2. The van der Waals surface area contributed by atoms with Gasteiger partial charge >= 0.3 is 5.97 Å².